The van der Waals surface area contributed by atoms with Crippen LogP contribution in [-0.4, -0.2) is 37.4 Å². The largest absolute Gasteiger partial charge is 0.491 e. The molecule has 3 rings (SSSR count). The van der Waals surface area contributed by atoms with Gasteiger partial charge in [0.15, 0.2) is 11.5 Å². The highest BCUT2D eigenvalue weighted by Crippen LogP contribution is 2.19. The number of benzene rings is 1. The van der Waals surface area contributed by atoms with E-state index in [1.807, 2.05) is 30.3 Å². The fourth-order valence-electron chi connectivity index (χ4n) is 2.69. The molecule has 1 aromatic carbocycles. The summed E-state index contributed by atoms with van der Waals surface area (Å²) in [6.07, 6.45) is 2.36. The third-order valence-corrected chi connectivity index (χ3v) is 4.13. The van der Waals surface area contributed by atoms with Crippen LogP contribution in [0, 0.1) is 5.92 Å². The molecule has 1 aromatic heterocycles. The van der Waals surface area contributed by atoms with Gasteiger partial charge in [-0.3, -0.25) is 4.79 Å². The molecule has 134 valence electrons. The van der Waals surface area contributed by atoms with Crippen molar-refractivity contribution in [3.63, 3.8) is 0 Å². The molecule has 6 nitrogen and oxygen atoms in total. The number of hydrogen-bond donors (Lipinski definition) is 0. The van der Waals surface area contributed by atoms with E-state index in [0.29, 0.717) is 37.0 Å². The number of rotatable bonds is 10. The van der Waals surface area contributed by atoms with Crippen molar-refractivity contribution >= 4 is 5.78 Å². The van der Waals surface area contributed by atoms with E-state index in [0.717, 1.165) is 31.8 Å². The van der Waals surface area contributed by atoms with Crippen molar-refractivity contribution in [3.05, 3.63) is 47.9 Å². The van der Waals surface area contributed by atoms with Crippen molar-refractivity contribution in [1.29, 1.82) is 0 Å². The first-order valence-corrected chi connectivity index (χ1v) is 8.63. The van der Waals surface area contributed by atoms with Gasteiger partial charge in [-0.15, -0.1) is 0 Å². The number of para-hydroxylation sites is 1. The molecule has 1 atom stereocenters. The van der Waals surface area contributed by atoms with E-state index in [1.54, 1.807) is 6.07 Å². The molecular formula is C19H23NO5. The van der Waals surface area contributed by atoms with Gasteiger partial charge in [-0.1, -0.05) is 23.4 Å². The van der Waals surface area contributed by atoms with Crippen LogP contribution in [0.5, 0.6) is 5.75 Å². The Kier molecular flexibility index (Phi) is 6.59. The second-order valence-electron chi connectivity index (χ2n) is 6.08. The SMILES string of the molecule is O=C(CCC1CCOC1)c1cc(COCCOc2ccccc2)on1. The van der Waals surface area contributed by atoms with Crippen LogP contribution in [0.25, 0.3) is 0 Å². The number of hydrogen-bond acceptors (Lipinski definition) is 6. The van der Waals surface area contributed by atoms with Gasteiger partial charge < -0.3 is 18.7 Å². The fraction of sp³-hybridized carbons (Fsp3) is 0.474. The van der Waals surface area contributed by atoms with Crippen LogP contribution in [0.4, 0.5) is 0 Å². The minimum absolute atomic E-state index is 0.00862. The maximum Gasteiger partial charge on any atom is 0.184 e. The first-order valence-electron chi connectivity index (χ1n) is 8.63. The fourth-order valence-corrected chi connectivity index (χ4v) is 2.69. The Morgan fingerprint density at radius 3 is 2.92 bits per heavy atom. The van der Waals surface area contributed by atoms with Gasteiger partial charge in [0.05, 0.1) is 6.61 Å². The number of ether oxygens (including phenoxy) is 3. The van der Waals surface area contributed by atoms with Gasteiger partial charge in [0.25, 0.3) is 0 Å². The quantitative estimate of drug-likeness (QED) is 0.486. The molecule has 0 radical (unpaired) electrons. The maximum atomic E-state index is 12.1. The Balaban J connectivity index is 1.33. The average Bonchev–Trinajstić information content (AvgIpc) is 3.32. The van der Waals surface area contributed by atoms with Gasteiger partial charge in [-0.2, -0.15) is 0 Å². The lowest BCUT2D eigenvalue weighted by atomic mass is 10.00. The Morgan fingerprint density at radius 2 is 2.12 bits per heavy atom. The summed E-state index contributed by atoms with van der Waals surface area (Å²) in [6, 6.07) is 11.2. The molecule has 1 aliphatic rings. The van der Waals surface area contributed by atoms with E-state index < -0.39 is 0 Å². The molecule has 1 fully saturated rings. The normalized spacial score (nSPS) is 16.9. The first kappa shape index (κ1) is 17.6. The lowest BCUT2D eigenvalue weighted by molar-refractivity contribution is 0.0746. The molecule has 1 aliphatic heterocycles. The highest BCUT2D eigenvalue weighted by atomic mass is 16.5. The number of Topliss-reactive ketones (excluding diaryl/α,β-unsaturated/α-hetero) is 1. The van der Waals surface area contributed by atoms with E-state index >= 15 is 0 Å². The van der Waals surface area contributed by atoms with Crippen LogP contribution in [-0.2, 0) is 16.1 Å². The lowest BCUT2D eigenvalue weighted by Crippen LogP contribution is -2.06. The molecular weight excluding hydrogens is 322 g/mol. The standard InChI is InChI=1S/C19H23NO5/c21-19(7-6-15-8-9-22-13-15)18-12-17(25-20-18)14-23-10-11-24-16-4-2-1-3-5-16/h1-5,12,15H,6-11,13-14H2. The number of nitrogens with zero attached hydrogens (tertiary/aromatic N) is 1. The van der Waals surface area contributed by atoms with Crippen molar-refractivity contribution in [2.75, 3.05) is 26.4 Å². The summed E-state index contributed by atoms with van der Waals surface area (Å²) in [4.78, 5) is 12.1. The summed E-state index contributed by atoms with van der Waals surface area (Å²) < 4.78 is 21.5. The van der Waals surface area contributed by atoms with E-state index in [9.17, 15) is 4.79 Å². The predicted molar refractivity (Wildman–Crippen MR) is 90.6 cm³/mol. The molecule has 2 aromatic rings. The predicted octanol–water partition coefficient (Wildman–Crippen LogP) is 3.27. The van der Waals surface area contributed by atoms with E-state index in [2.05, 4.69) is 5.16 Å². The number of carbonyl (C=O) groups is 1. The van der Waals surface area contributed by atoms with Crippen molar-refractivity contribution in [2.24, 2.45) is 5.92 Å². The Morgan fingerprint density at radius 1 is 1.24 bits per heavy atom. The average molecular weight is 345 g/mol. The molecule has 0 bridgehead atoms. The summed E-state index contributed by atoms with van der Waals surface area (Å²) in [5.41, 5.74) is 0.373. The molecule has 0 spiro atoms. The van der Waals surface area contributed by atoms with Crippen LogP contribution in [0.3, 0.4) is 0 Å². The van der Waals surface area contributed by atoms with E-state index in [-0.39, 0.29) is 12.4 Å². The van der Waals surface area contributed by atoms with Gasteiger partial charge >= 0.3 is 0 Å². The summed E-state index contributed by atoms with van der Waals surface area (Å²) in [5, 5.41) is 3.84. The second-order valence-corrected chi connectivity index (χ2v) is 6.08. The molecule has 0 N–H and O–H groups in total. The number of ketones is 1. The topological polar surface area (TPSA) is 70.8 Å². The Hall–Kier alpha value is -2.18. The maximum absolute atomic E-state index is 12.1. The van der Waals surface area contributed by atoms with Crippen LogP contribution >= 0.6 is 0 Å². The zero-order valence-electron chi connectivity index (χ0n) is 14.2. The minimum Gasteiger partial charge on any atom is -0.491 e. The molecule has 1 unspecified atom stereocenters. The number of carbonyl (C=O) groups excluding carboxylic acids is 1. The minimum atomic E-state index is 0.00862. The molecule has 25 heavy (non-hydrogen) atoms. The summed E-state index contributed by atoms with van der Waals surface area (Å²) in [5.74, 6) is 1.86. The first-order chi connectivity index (χ1) is 12.3. The van der Waals surface area contributed by atoms with Crippen LogP contribution in [0.15, 0.2) is 40.9 Å². The van der Waals surface area contributed by atoms with Crippen molar-refractivity contribution in [2.45, 2.75) is 25.9 Å². The Bertz CT molecular complexity index is 649. The lowest BCUT2D eigenvalue weighted by Gasteiger charge is -2.05. The molecule has 0 amide bonds. The summed E-state index contributed by atoms with van der Waals surface area (Å²) in [7, 11) is 0. The third kappa shape index (κ3) is 5.69. The van der Waals surface area contributed by atoms with Gasteiger partial charge in [-0.25, -0.2) is 0 Å². The van der Waals surface area contributed by atoms with Gasteiger partial charge in [0, 0.05) is 25.7 Å². The van der Waals surface area contributed by atoms with Crippen molar-refractivity contribution in [3.8, 4) is 5.75 Å². The van der Waals surface area contributed by atoms with E-state index in [4.69, 9.17) is 18.7 Å². The van der Waals surface area contributed by atoms with Crippen molar-refractivity contribution < 1.29 is 23.5 Å². The Labute approximate surface area is 147 Å². The molecule has 0 saturated carbocycles. The smallest absolute Gasteiger partial charge is 0.184 e. The van der Waals surface area contributed by atoms with Crippen LogP contribution in [0.1, 0.15) is 35.5 Å². The summed E-state index contributed by atoms with van der Waals surface area (Å²) in [6.45, 7) is 2.72. The van der Waals surface area contributed by atoms with Gasteiger partial charge in [0.1, 0.15) is 24.7 Å². The highest BCUT2D eigenvalue weighted by Gasteiger charge is 2.19. The van der Waals surface area contributed by atoms with Crippen molar-refractivity contribution in [1.82, 2.24) is 5.16 Å². The molecule has 1 saturated heterocycles. The zero-order valence-corrected chi connectivity index (χ0v) is 14.2. The van der Waals surface area contributed by atoms with Crippen LogP contribution < -0.4 is 4.74 Å². The molecule has 0 aliphatic carbocycles. The number of aromatic nitrogens is 1. The zero-order chi connectivity index (χ0) is 17.3. The molecule has 2 heterocycles. The monoisotopic (exact) mass is 345 g/mol. The van der Waals surface area contributed by atoms with Crippen LogP contribution in [0.2, 0.25) is 0 Å². The van der Waals surface area contributed by atoms with Gasteiger partial charge in [0.2, 0.25) is 0 Å². The third-order valence-electron chi connectivity index (χ3n) is 4.13. The van der Waals surface area contributed by atoms with Gasteiger partial charge in [-0.05, 0) is 30.9 Å². The second kappa shape index (κ2) is 9.34. The summed E-state index contributed by atoms with van der Waals surface area (Å²) >= 11 is 0. The highest BCUT2D eigenvalue weighted by molar-refractivity contribution is 5.94. The molecule has 6 heteroatoms. The van der Waals surface area contributed by atoms with E-state index in [1.165, 1.54) is 0 Å².